The van der Waals surface area contributed by atoms with Crippen molar-refractivity contribution < 1.29 is 69.6 Å². The van der Waals surface area contributed by atoms with Gasteiger partial charge in [-0.05, 0) is 0 Å². The molecule has 0 atom stereocenters. The molecule has 0 saturated carbocycles. The van der Waals surface area contributed by atoms with Crippen LogP contribution < -0.4 is 0 Å². The fourth-order valence-electron chi connectivity index (χ4n) is 1.08. The number of carbonyl (C=O) groups is 8. The van der Waals surface area contributed by atoms with Gasteiger partial charge in [-0.1, -0.05) is 0 Å². The third-order valence-electron chi connectivity index (χ3n) is 2.28. The summed E-state index contributed by atoms with van der Waals surface area (Å²) in [5.41, 5.74) is 0. The number of rotatable bonds is 4. The summed E-state index contributed by atoms with van der Waals surface area (Å²) < 4.78 is 33.3. The van der Waals surface area contributed by atoms with Crippen LogP contribution in [0.2, 0.25) is 0 Å². The van der Waals surface area contributed by atoms with E-state index in [4.69, 9.17) is 0 Å². The maximum absolute atomic E-state index is 11.7. The van der Waals surface area contributed by atoms with Crippen LogP contribution in [0.4, 0.5) is 0 Å². The Morgan fingerprint density at radius 1 is 0.379 bits per heavy atom. The zero-order valence-corrected chi connectivity index (χ0v) is 17.9. The van der Waals surface area contributed by atoms with Gasteiger partial charge in [-0.3, -0.25) is 0 Å². The first kappa shape index (κ1) is 25.6. The molecule has 0 amide bonds. The minimum absolute atomic E-state index is 0.710. The van der Waals surface area contributed by atoms with E-state index in [1.165, 1.54) is 0 Å². The maximum atomic E-state index is 11.7. The van der Waals surface area contributed by atoms with Gasteiger partial charge >= 0.3 is 166 Å². The molecule has 16 nitrogen and oxygen atoms in total. The Morgan fingerprint density at radius 3 is 0.690 bits per heavy atom. The van der Waals surface area contributed by atoms with Gasteiger partial charge in [0.05, 0.1) is 0 Å². The van der Waals surface area contributed by atoms with Crippen LogP contribution in [0.1, 0.15) is 0 Å². The molecule has 0 N–H and O–H groups in total. The molecular weight excluding hydrogens is 519 g/mol. The molecule has 0 heterocycles. The van der Waals surface area contributed by atoms with Crippen LogP contribution in [-0.4, -0.2) is 96.2 Å². The van der Waals surface area contributed by atoms with Crippen molar-refractivity contribution in [2.45, 2.75) is 0 Å². The van der Waals surface area contributed by atoms with E-state index in [1.54, 1.807) is 0 Å². The first-order valence-electron chi connectivity index (χ1n) is 6.72. The van der Waals surface area contributed by atoms with Gasteiger partial charge in [-0.25, -0.2) is 0 Å². The average Bonchev–Trinajstić information content (AvgIpc) is 2.70. The number of hydrogen-bond acceptors (Lipinski definition) is 16. The Morgan fingerprint density at radius 2 is 0.552 bits per heavy atom. The second-order valence-electron chi connectivity index (χ2n) is 4.02. The third-order valence-corrected chi connectivity index (χ3v) is 7.25. The van der Waals surface area contributed by atoms with E-state index in [9.17, 15) is 38.4 Å². The fraction of sp³-hybridized carbons (Fsp3) is 0.333. The Kier molecular flexibility index (Phi) is 10.1. The van der Waals surface area contributed by atoms with E-state index in [2.05, 4.69) is 31.2 Å². The van der Waals surface area contributed by atoms with Crippen molar-refractivity contribution in [1.29, 1.82) is 0 Å². The number of methoxy groups -OCH3 is 4. The van der Waals surface area contributed by atoms with Crippen LogP contribution in [0.5, 0.6) is 0 Å². The molecule has 0 rings (SSSR count). The Labute approximate surface area is 166 Å². The summed E-state index contributed by atoms with van der Waals surface area (Å²) in [4.78, 5) is 91.8. The van der Waals surface area contributed by atoms with Crippen molar-refractivity contribution in [1.82, 2.24) is 0 Å². The van der Waals surface area contributed by atoms with E-state index >= 15 is 0 Å². The molecule has 0 saturated heterocycles. The third kappa shape index (κ3) is 7.60. The summed E-state index contributed by atoms with van der Waals surface area (Å²) in [6.45, 7) is 0. The summed E-state index contributed by atoms with van der Waals surface area (Å²) in [5, 5.41) is 0. The van der Waals surface area contributed by atoms with Gasteiger partial charge in [0.15, 0.2) is 0 Å². The van der Waals surface area contributed by atoms with E-state index in [1.807, 2.05) is 0 Å². The normalized spacial score (nSPS) is 9.79. The van der Waals surface area contributed by atoms with Crippen LogP contribution >= 0.6 is 0 Å². The second kappa shape index (κ2) is 11.4. The van der Waals surface area contributed by atoms with Crippen molar-refractivity contribution in [3.05, 3.63) is 0 Å². The van der Waals surface area contributed by atoms with Crippen molar-refractivity contribution in [2.24, 2.45) is 0 Å². The Hall–Kier alpha value is -3.44. The molecule has 29 heavy (non-hydrogen) atoms. The van der Waals surface area contributed by atoms with E-state index in [0.717, 1.165) is 0 Å². The number of hydrogen-bond donors (Lipinski definition) is 0. The predicted molar refractivity (Wildman–Crippen MR) is 78.2 cm³/mol. The number of esters is 4. The van der Waals surface area contributed by atoms with Crippen molar-refractivity contribution in [3.63, 3.8) is 0 Å². The van der Waals surface area contributed by atoms with Gasteiger partial charge in [0, 0.05) is 0 Å². The van der Waals surface area contributed by atoms with Crippen LogP contribution in [0, 0.1) is 0 Å². The second-order valence-corrected chi connectivity index (χ2v) is 9.21. The SMILES string of the molecule is COC(=O)C(=O)[O][Sn]([O]C(=O)C(=O)OC)([O]C(=O)C(=O)OC)[O]C(=O)C(=O)OC. The summed E-state index contributed by atoms with van der Waals surface area (Å²) in [6.07, 6.45) is 0. The van der Waals surface area contributed by atoms with E-state index < -0.39 is 67.8 Å². The molecule has 0 fully saturated rings. The van der Waals surface area contributed by atoms with Gasteiger partial charge in [0.2, 0.25) is 0 Å². The first-order valence-corrected chi connectivity index (χ1v) is 11.4. The fourth-order valence-corrected chi connectivity index (χ4v) is 5.34. The average molecular weight is 531 g/mol. The summed E-state index contributed by atoms with van der Waals surface area (Å²) >= 11 is -6.93. The van der Waals surface area contributed by atoms with Gasteiger partial charge in [-0.2, -0.15) is 0 Å². The number of carbonyl (C=O) groups excluding carboxylic acids is 8. The summed E-state index contributed by atoms with van der Waals surface area (Å²) in [5.74, 6) is -15.3. The zero-order valence-electron chi connectivity index (χ0n) is 15.0. The molecule has 0 aliphatic rings. The van der Waals surface area contributed by atoms with Gasteiger partial charge in [0.25, 0.3) is 0 Å². The summed E-state index contributed by atoms with van der Waals surface area (Å²) in [6, 6.07) is 0. The molecule has 0 aromatic heterocycles. The molecule has 17 heteroatoms. The molecule has 0 aliphatic carbocycles. The van der Waals surface area contributed by atoms with Gasteiger partial charge < -0.3 is 0 Å². The molecule has 0 radical (unpaired) electrons. The molecule has 0 bridgehead atoms. The molecule has 160 valence electrons. The van der Waals surface area contributed by atoms with Crippen molar-refractivity contribution >= 4 is 67.8 Å². The van der Waals surface area contributed by atoms with E-state index in [-0.39, 0.29) is 0 Å². The van der Waals surface area contributed by atoms with Crippen molar-refractivity contribution in [3.8, 4) is 0 Å². The van der Waals surface area contributed by atoms with Crippen LogP contribution in [0.3, 0.4) is 0 Å². The predicted octanol–water partition coefficient (Wildman–Crippen LogP) is -3.71. The van der Waals surface area contributed by atoms with Crippen LogP contribution in [-0.2, 0) is 69.6 Å². The number of ether oxygens (including phenoxy) is 4. The monoisotopic (exact) mass is 532 g/mol. The first-order chi connectivity index (χ1) is 13.5. The molecule has 0 spiro atoms. The standard InChI is InChI=1S/4C3H4O4.Sn/c4*1-7-3(6)2(4)5;/h4*1H3,(H,4,5);/q;;;;+4/p-4. The summed E-state index contributed by atoms with van der Waals surface area (Å²) in [7, 11) is 2.84. The van der Waals surface area contributed by atoms with Gasteiger partial charge in [-0.15, -0.1) is 0 Å². The zero-order chi connectivity index (χ0) is 22.8. The molecule has 0 aromatic carbocycles. The van der Waals surface area contributed by atoms with Crippen LogP contribution in [0.15, 0.2) is 0 Å². The molecule has 0 aliphatic heterocycles. The quantitative estimate of drug-likeness (QED) is 0.148. The minimum atomic E-state index is -6.93. The Balaban J connectivity index is 6.25. The Bertz CT molecular complexity index is 613. The topological polar surface area (TPSA) is 210 Å². The molecular formula is C12H12O16Sn. The van der Waals surface area contributed by atoms with Gasteiger partial charge in [0.1, 0.15) is 0 Å². The van der Waals surface area contributed by atoms with Crippen molar-refractivity contribution in [2.75, 3.05) is 28.4 Å². The molecule has 0 unspecified atom stereocenters. The van der Waals surface area contributed by atoms with Crippen LogP contribution in [0.25, 0.3) is 0 Å². The van der Waals surface area contributed by atoms with E-state index in [0.29, 0.717) is 28.4 Å². The molecule has 0 aromatic rings.